The number of hydrogen-bond acceptors (Lipinski definition) is 5. The van der Waals surface area contributed by atoms with Gasteiger partial charge in [-0.15, -0.1) is 10.2 Å². The van der Waals surface area contributed by atoms with Crippen LogP contribution in [0.5, 0.6) is 0 Å². The molecule has 0 amide bonds. The van der Waals surface area contributed by atoms with E-state index in [1.165, 1.54) is 11.8 Å². The van der Waals surface area contributed by atoms with Crippen molar-refractivity contribution in [1.82, 2.24) is 10.2 Å². The summed E-state index contributed by atoms with van der Waals surface area (Å²) in [7, 11) is 0. The van der Waals surface area contributed by atoms with Gasteiger partial charge in [-0.3, -0.25) is 0 Å². The molecule has 3 rings (SSSR count). The average molecular weight is 328 g/mol. The zero-order chi connectivity index (χ0) is 15.4. The van der Waals surface area contributed by atoms with E-state index >= 15 is 0 Å². The second kappa shape index (κ2) is 6.65. The summed E-state index contributed by atoms with van der Waals surface area (Å²) in [6, 6.07) is 16.9. The second-order valence-corrected chi connectivity index (χ2v) is 5.74. The number of hydrogen-bond donors (Lipinski definition) is 0. The van der Waals surface area contributed by atoms with E-state index in [9.17, 15) is 0 Å². The molecule has 0 bridgehead atoms. The van der Waals surface area contributed by atoms with Crippen molar-refractivity contribution in [2.24, 2.45) is 0 Å². The number of nitrogens with zero attached hydrogens (tertiary/aromatic N) is 3. The Hall–Kier alpha value is -2.29. The van der Waals surface area contributed by atoms with Gasteiger partial charge in [0.1, 0.15) is 0 Å². The highest BCUT2D eigenvalue weighted by Gasteiger charge is 2.12. The van der Waals surface area contributed by atoms with Gasteiger partial charge in [-0.1, -0.05) is 53.7 Å². The van der Waals surface area contributed by atoms with Crippen LogP contribution in [0.3, 0.4) is 0 Å². The van der Waals surface area contributed by atoms with Crippen LogP contribution in [-0.4, -0.2) is 10.2 Å². The van der Waals surface area contributed by atoms with Crippen LogP contribution in [0.2, 0.25) is 5.02 Å². The molecule has 4 nitrogen and oxygen atoms in total. The van der Waals surface area contributed by atoms with Gasteiger partial charge in [0.05, 0.1) is 22.2 Å². The van der Waals surface area contributed by atoms with Crippen molar-refractivity contribution in [2.75, 3.05) is 0 Å². The molecule has 0 unspecified atom stereocenters. The van der Waals surface area contributed by atoms with Crippen LogP contribution in [0.15, 0.2) is 58.2 Å². The van der Waals surface area contributed by atoms with E-state index in [1.54, 1.807) is 12.1 Å². The highest BCUT2D eigenvalue weighted by Crippen LogP contribution is 2.30. The van der Waals surface area contributed by atoms with Crippen molar-refractivity contribution in [1.29, 1.82) is 5.26 Å². The molecule has 0 aliphatic carbocycles. The normalized spacial score (nSPS) is 10.4. The first kappa shape index (κ1) is 14.6. The van der Waals surface area contributed by atoms with E-state index in [0.717, 1.165) is 5.56 Å². The lowest BCUT2D eigenvalue weighted by Crippen LogP contribution is -1.86. The molecule has 0 aliphatic rings. The van der Waals surface area contributed by atoms with Crippen molar-refractivity contribution in [3.63, 3.8) is 0 Å². The maximum absolute atomic E-state index is 9.07. The lowest BCUT2D eigenvalue weighted by molar-refractivity contribution is 0.466. The molecule has 0 saturated heterocycles. The fraction of sp³-hybridized carbons (Fsp3) is 0.0625. The molecule has 0 fully saturated rings. The third-order valence-electron chi connectivity index (χ3n) is 3.00. The Morgan fingerprint density at radius 3 is 2.68 bits per heavy atom. The molecule has 3 aromatic rings. The molecule has 0 radical (unpaired) electrons. The second-order valence-electron chi connectivity index (χ2n) is 4.41. The van der Waals surface area contributed by atoms with Crippen molar-refractivity contribution in [3.8, 4) is 17.5 Å². The quantitative estimate of drug-likeness (QED) is 0.657. The Bertz CT molecular complexity index is 841. The minimum absolute atomic E-state index is 0.390. The predicted molar refractivity (Wildman–Crippen MR) is 85.5 cm³/mol. The van der Waals surface area contributed by atoms with Crippen molar-refractivity contribution < 1.29 is 4.42 Å². The Balaban J connectivity index is 1.76. The van der Waals surface area contributed by atoms with Crippen LogP contribution >= 0.6 is 23.4 Å². The van der Waals surface area contributed by atoms with Crippen molar-refractivity contribution in [3.05, 3.63) is 64.7 Å². The molecule has 0 spiro atoms. The summed E-state index contributed by atoms with van der Waals surface area (Å²) in [6.45, 7) is 0. The van der Waals surface area contributed by atoms with Crippen LogP contribution in [0, 0.1) is 11.3 Å². The molecule has 6 heteroatoms. The van der Waals surface area contributed by atoms with Crippen LogP contribution in [0.1, 0.15) is 11.1 Å². The summed E-state index contributed by atoms with van der Waals surface area (Å²) in [5.74, 6) is 0.982. The molecule has 0 N–H and O–H groups in total. The first-order valence-electron chi connectivity index (χ1n) is 6.47. The molecular formula is C16H10ClN3OS. The van der Waals surface area contributed by atoms with E-state index in [0.29, 0.717) is 33.0 Å². The zero-order valence-corrected chi connectivity index (χ0v) is 12.9. The van der Waals surface area contributed by atoms with Gasteiger partial charge < -0.3 is 4.42 Å². The van der Waals surface area contributed by atoms with E-state index in [-0.39, 0.29) is 0 Å². The first-order valence-corrected chi connectivity index (χ1v) is 7.83. The largest absolute Gasteiger partial charge is 0.411 e. The molecule has 0 atom stereocenters. The Labute approximate surface area is 136 Å². The van der Waals surface area contributed by atoms with Crippen LogP contribution < -0.4 is 0 Å². The number of thioether (sulfide) groups is 1. The van der Waals surface area contributed by atoms with Crippen molar-refractivity contribution >= 4 is 23.4 Å². The van der Waals surface area contributed by atoms with E-state index in [1.807, 2.05) is 36.4 Å². The summed E-state index contributed by atoms with van der Waals surface area (Å²) in [5, 5.41) is 18.1. The third kappa shape index (κ3) is 3.14. The number of aromatic nitrogens is 2. The molecule has 108 valence electrons. The van der Waals surface area contributed by atoms with E-state index in [4.69, 9.17) is 21.3 Å². The highest BCUT2D eigenvalue weighted by atomic mass is 35.5. The molecule has 1 heterocycles. The van der Waals surface area contributed by atoms with Gasteiger partial charge in [0, 0.05) is 5.75 Å². The van der Waals surface area contributed by atoms with E-state index in [2.05, 4.69) is 16.3 Å². The number of benzene rings is 2. The standard InChI is InChI=1S/C16H10ClN3OS/c17-14-8-4-3-7-13(14)15-19-20-16(21-15)22-10-12-6-2-1-5-11(12)9-18/h1-8H,10H2. The van der Waals surface area contributed by atoms with Crippen molar-refractivity contribution in [2.45, 2.75) is 11.0 Å². The van der Waals surface area contributed by atoms with Gasteiger partial charge in [-0.05, 0) is 23.8 Å². The molecule has 1 aromatic heterocycles. The Kier molecular flexibility index (Phi) is 4.42. The lowest BCUT2D eigenvalue weighted by Gasteiger charge is -2.00. The topological polar surface area (TPSA) is 62.7 Å². The molecule has 0 saturated carbocycles. The van der Waals surface area contributed by atoms with Crippen LogP contribution in [-0.2, 0) is 5.75 Å². The van der Waals surface area contributed by atoms with Gasteiger partial charge in [0.25, 0.3) is 5.22 Å². The Morgan fingerprint density at radius 1 is 1.09 bits per heavy atom. The van der Waals surface area contributed by atoms with Crippen LogP contribution in [0.25, 0.3) is 11.5 Å². The molecular weight excluding hydrogens is 318 g/mol. The summed E-state index contributed by atoms with van der Waals surface area (Å²) in [4.78, 5) is 0. The SMILES string of the molecule is N#Cc1ccccc1CSc1nnc(-c2ccccc2Cl)o1. The smallest absolute Gasteiger partial charge is 0.277 e. The number of rotatable bonds is 4. The lowest BCUT2D eigenvalue weighted by atomic mass is 10.1. The summed E-state index contributed by atoms with van der Waals surface area (Å²) < 4.78 is 5.62. The average Bonchev–Trinajstić information content (AvgIpc) is 3.02. The molecule has 22 heavy (non-hydrogen) atoms. The fourth-order valence-electron chi connectivity index (χ4n) is 1.91. The maximum Gasteiger partial charge on any atom is 0.277 e. The van der Waals surface area contributed by atoms with Gasteiger partial charge in [-0.2, -0.15) is 5.26 Å². The van der Waals surface area contributed by atoms with Gasteiger partial charge >= 0.3 is 0 Å². The third-order valence-corrected chi connectivity index (χ3v) is 4.20. The monoisotopic (exact) mass is 327 g/mol. The minimum atomic E-state index is 0.390. The fourth-order valence-corrected chi connectivity index (χ4v) is 2.89. The predicted octanol–water partition coefficient (Wildman–Crippen LogP) is 4.55. The number of halogens is 1. The molecule has 0 aliphatic heterocycles. The number of nitriles is 1. The summed E-state index contributed by atoms with van der Waals surface area (Å²) in [6.07, 6.45) is 0. The molecule has 2 aromatic carbocycles. The van der Waals surface area contributed by atoms with Gasteiger partial charge in [0.2, 0.25) is 5.89 Å². The maximum atomic E-state index is 9.07. The van der Waals surface area contributed by atoms with Crippen LogP contribution in [0.4, 0.5) is 0 Å². The van der Waals surface area contributed by atoms with Gasteiger partial charge in [0.15, 0.2) is 0 Å². The highest BCUT2D eigenvalue weighted by molar-refractivity contribution is 7.98. The van der Waals surface area contributed by atoms with E-state index < -0.39 is 0 Å². The Morgan fingerprint density at radius 2 is 1.86 bits per heavy atom. The first-order chi connectivity index (χ1) is 10.8. The van der Waals surface area contributed by atoms with Gasteiger partial charge in [-0.25, -0.2) is 0 Å². The minimum Gasteiger partial charge on any atom is -0.411 e. The summed E-state index contributed by atoms with van der Waals surface area (Å²) >= 11 is 7.50. The summed E-state index contributed by atoms with van der Waals surface area (Å²) in [5.41, 5.74) is 2.30. The zero-order valence-electron chi connectivity index (χ0n) is 11.4.